The fourth-order valence-electron chi connectivity index (χ4n) is 8.14. The van der Waals surface area contributed by atoms with Crippen LogP contribution in [0.5, 0.6) is 0 Å². The Morgan fingerprint density at radius 3 is 2.42 bits per heavy atom. The lowest BCUT2D eigenvalue weighted by atomic mass is 9.51. The zero-order chi connectivity index (χ0) is 27.3. The molecule has 1 aromatic rings. The highest BCUT2D eigenvalue weighted by molar-refractivity contribution is 6.04. The highest BCUT2D eigenvalue weighted by atomic mass is 19.4. The van der Waals surface area contributed by atoms with E-state index in [0.717, 1.165) is 44.1 Å². The summed E-state index contributed by atoms with van der Waals surface area (Å²) in [6, 6.07) is 6.28. The molecule has 1 aromatic carbocycles. The number of ether oxygens (including phenoxy) is 2. The highest BCUT2D eigenvalue weighted by Gasteiger charge is 2.63. The van der Waals surface area contributed by atoms with Gasteiger partial charge >= 0.3 is 6.18 Å². The first-order valence-corrected chi connectivity index (χ1v) is 13.2. The Bertz CT molecular complexity index is 1200. The third kappa shape index (κ3) is 4.09. The molecule has 2 N–H and O–H groups in total. The summed E-state index contributed by atoms with van der Waals surface area (Å²) < 4.78 is 52.0. The molecule has 0 unspecified atom stereocenters. The second-order valence-corrected chi connectivity index (χ2v) is 11.4. The molecule has 5 atom stereocenters. The van der Waals surface area contributed by atoms with Crippen molar-refractivity contribution in [2.75, 3.05) is 20.8 Å². The van der Waals surface area contributed by atoms with Crippen LogP contribution in [0, 0.1) is 17.3 Å². The first kappa shape index (κ1) is 26.9. The summed E-state index contributed by atoms with van der Waals surface area (Å²) >= 11 is 0. The average molecular weight is 533 g/mol. The largest absolute Gasteiger partial charge is 0.437 e. The van der Waals surface area contributed by atoms with Gasteiger partial charge in [0.15, 0.2) is 5.71 Å². The lowest BCUT2D eigenvalue weighted by Gasteiger charge is -2.55. The number of nitrogens with zero attached hydrogens (tertiary/aromatic N) is 2. The summed E-state index contributed by atoms with van der Waals surface area (Å²) in [7, 11) is 3.46. The molecule has 2 saturated carbocycles. The molecule has 0 aliphatic heterocycles. The van der Waals surface area contributed by atoms with E-state index in [1.807, 2.05) is 6.08 Å². The molecule has 9 heteroatoms. The van der Waals surface area contributed by atoms with E-state index in [2.05, 4.69) is 17.2 Å². The Morgan fingerprint density at radius 1 is 1.08 bits per heavy atom. The number of benzene rings is 1. The van der Waals surface area contributed by atoms with E-state index in [9.17, 15) is 18.4 Å². The molecule has 0 spiro atoms. The number of alkyl halides is 3. The van der Waals surface area contributed by atoms with Crippen LogP contribution in [0.4, 0.5) is 13.2 Å². The summed E-state index contributed by atoms with van der Waals surface area (Å²) in [5.41, 5.74) is 3.44. The molecule has 4 aliphatic carbocycles. The molecule has 5 rings (SSSR count). The van der Waals surface area contributed by atoms with E-state index in [-0.39, 0.29) is 16.9 Å². The monoisotopic (exact) mass is 532 g/mol. The molecule has 38 heavy (non-hydrogen) atoms. The number of hydrogen-bond acceptors (Lipinski definition) is 6. The van der Waals surface area contributed by atoms with Crippen molar-refractivity contribution in [1.29, 1.82) is 0 Å². The normalized spacial score (nSPS) is 34.6. The summed E-state index contributed by atoms with van der Waals surface area (Å²) in [4.78, 5) is 0. The quantitative estimate of drug-likeness (QED) is 0.254. The number of allylic oxidation sites excluding steroid dienone is 4. The van der Waals surface area contributed by atoms with Crippen molar-refractivity contribution in [3.63, 3.8) is 0 Å². The molecule has 4 aliphatic rings. The summed E-state index contributed by atoms with van der Waals surface area (Å²) in [6.45, 7) is 2.79. The minimum atomic E-state index is -4.75. The minimum Gasteiger partial charge on any atom is -0.411 e. The molecule has 0 heterocycles. The van der Waals surface area contributed by atoms with E-state index in [1.165, 1.54) is 28.9 Å². The maximum absolute atomic E-state index is 13.4. The molecular formula is C29H35F3N2O4. The molecule has 0 amide bonds. The maximum Gasteiger partial charge on any atom is 0.437 e. The molecule has 2 fully saturated rings. The zero-order valence-electron chi connectivity index (χ0n) is 22.0. The van der Waals surface area contributed by atoms with Crippen LogP contribution in [0.15, 0.2) is 57.4 Å². The van der Waals surface area contributed by atoms with Gasteiger partial charge in [-0.05, 0) is 79.6 Å². The van der Waals surface area contributed by atoms with Crippen LogP contribution in [-0.2, 0) is 9.47 Å². The number of hydrogen-bond donors (Lipinski definition) is 2. The lowest BCUT2D eigenvalue weighted by Crippen LogP contribution is -2.54. The molecular weight excluding hydrogens is 497 g/mol. The van der Waals surface area contributed by atoms with Gasteiger partial charge in [0, 0.05) is 31.1 Å². The number of halogens is 3. The third-order valence-electron chi connectivity index (χ3n) is 9.89. The van der Waals surface area contributed by atoms with Gasteiger partial charge in [-0.2, -0.15) is 13.2 Å². The van der Waals surface area contributed by atoms with Gasteiger partial charge in [0.05, 0.1) is 17.9 Å². The van der Waals surface area contributed by atoms with Crippen LogP contribution in [0.3, 0.4) is 0 Å². The van der Waals surface area contributed by atoms with E-state index in [4.69, 9.17) is 14.7 Å². The Kier molecular flexibility index (Phi) is 6.97. The third-order valence-corrected chi connectivity index (χ3v) is 9.89. The predicted molar refractivity (Wildman–Crippen MR) is 137 cm³/mol. The van der Waals surface area contributed by atoms with Crippen molar-refractivity contribution in [2.24, 2.45) is 27.6 Å². The topological polar surface area (TPSA) is 83.6 Å². The van der Waals surface area contributed by atoms with Crippen molar-refractivity contribution in [3.8, 4) is 0 Å². The smallest absolute Gasteiger partial charge is 0.411 e. The number of oxime groups is 2. The van der Waals surface area contributed by atoms with E-state index in [0.29, 0.717) is 30.6 Å². The van der Waals surface area contributed by atoms with Crippen LogP contribution in [0.1, 0.15) is 68.9 Å². The highest BCUT2D eigenvalue weighted by Crippen LogP contribution is 2.67. The van der Waals surface area contributed by atoms with Gasteiger partial charge in [0.25, 0.3) is 0 Å². The van der Waals surface area contributed by atoms with Gasteiger partial charge in [0.1, 0.15) is 0 Å². The standard InChI is InChI=1S/C29H35F3N2O4/c1-27-15-23(17-4-6-18(7-5-17)26(34-36)29(30,31)32)25-21-11-9-20(33-35)14-19(21)8-10-22(25)24(27)12-13-28(27,38-3)16-37-2/h4-7,14,22-24,35-36H,8-13,15-16H2,1-3H3/b33-20+,34-26+/t22-,23+,24-,27-,28+/m0/s1. The van der Waals surface area contributed by atoms with Crippen LogP contribution < -0.4 is 0 Å². The van der Waals surface area contributed by atoms with Gasteiger partial charge in [-0.25, -0.2) is 0 Å². The minimum absolute atomic E-state index is 0.00787. The van der Waals surface area contributed by atoms with Crippen LogP contribution >= 0.6 is 0 Å². The van der Waals surface area contributed by atoms with E-state index < -0.39 is 17.5 Å². The molecule has 0 aromatic heterocycles. The molecule has 6 nitrogen and oxygen atoms in total. The summed E-state index contributed by atoms with van der Waals surface area (Å²) in [5, 5.41) is 24.4. The van der Waals surface area contributed by atoms with Gasteiger partial charge in [-0.3, -0.25) is 0 Å². The van der Waals surface area contributed by atoms with Crippen molar-refractivity contribution >= 4 is 11.4 Å². The van der Waals surface area contributed by atoms with Gasteiger partial charge in [-0.15, -0.1) is 0 Å². The fourth-order valence-corrected chi connectivity index (χ4v) is 8.14. The number of rotatable bonds is 5. The van der Waals surface area contributed by atoms with Gasteiger partial charge in [-0.1, -0.05) is 47.1 Å². The summed E-state index contributed by atoms with van der Waals surface area (Å²) in [5.74, 6) is 0.728. The predicted octanol–water partition coefficient (Wildman–Crippen LogP) is 6.62. The van der Waals surface area contributed by atoms with Crippen LogP contribution in [-0.4, -0.2) is 54.4 Å². The maximum atomic E-state index is 13.4. The second-order valence-electron chi connectivity index (χ2n) is 11.4. The van der Waals surface area contributed by atoms with Gasteiger partial charge in [0.2, 0.25) is 0 Å². The van der Waals surface area contributed by atoms with Crippen LogP contribution in [0.2, 0.25) is 0 Å². The molecule has 0 saturated heterocycles. The first-order chi connectivity index (χ1) is 18.1. The Labute approximate surface area is 220 Å². The van der Waals surface area contributed by atoms with Gasteiger partial charge < -0.3 is 19.9 Å². The molecule has 0 radical (unpaired) electrons. The lowest BCUT2D eigenvalue weighted by molar-refractivity contribution is -0.149. The molecule has 206 valence electrons. The molecule has 0 bridgehead atoms. The van der Waals surface area contributed by atoms with Crippen LogP contribution in [0.25, 0.3) is 0 Å². The summed E-state index contributed by atoms with van der Waals surface area (Å²) in [6.07, 6.45) is 3.30. The fraction of sp³-hybridized carbons (Fsp3) is 0.586. The second kappa shape index (κ2) is 9.83. The van der Waals surface area contributed by atoms with Crippen molar-refractivity contribution in [2.45, 2.75) is 69.6 Å². The first-order valence-electron chi connectivity index (χ1n) is 13.2. The van der Waals surface area contributed by atoms with Crippen molar-refractivity contribution in [3.05, 3.63) is 58.2 Å². The number of fused-ring (bicyclic) bond motifs is 4. The number of methoxy groups -OCH3 is 2. The Hall–Kier alpha value is -2.65. The zero-order valence-corrected chi connectivity index (χ0v) is 22.0. The van der Waals surface area contributed by atoms with Crippen molar-refractivity contribution in [1.82, 2.24) is 0 Å². The van der Waals surface area contributed by atoms with E-state index in [1.54, 1.807) is 26.4 Å². The Morgan fingerprint density at radius 2 is 1.82 bits per heavy atom. The average Bonchev–Trinajstić information content (AvgIpc) is 3.20. The van der Waals surface area contributed by atoms with Crippen molar-refractivity contribution < 1.29 is 33.1 Å². The Balaban J connectivity index is 1.64. The van der Waals surface area contributed by atoms with E-state index >= 15 is 0 Å². The SMILES string of the molecule is COC[C@]1(OC)CC[C@H]2[C@@H]3CCC4=C/C(=N/O)CCC4=C3[C@@H](c3ccc(/C(=N\O)C(F)(F)F)cc3)C[C@@]21C.